The third-order valence-corrected chi connectivity index (χ3v) is 4.16. The number of para-hydroxylation sites is 1. The van der Waals surface area contributed by atoms with Gasteiger partial charge in [0, 0.05) is 18.7 Å². The fraction of sp³-hybridized carbons (Fsp3) is 0.353. The zero-order chi connectivity index (χ0) is 16.8. The van der Waals surface area contributed by atoms with E-state index in [0.717, 1.165) is 15.2 Å². The van der Waals surface area contributed by atoms with E-state index in [1.165, 1.54) is 22.3 Å². The molecule has 0 atom stereocenters. The molecule has 1 aromatic carbocycles. The Morgan fingerprint density at radius 2 is 2.09 bits per heavy atom. The number of rotatable bonds is 6. The molecule has 0 saturated heterocycles. The van der Waals surface area contributed by atoms with Crippen molar-refractivity contribution in [2.75, 3.05) is 13.1 Å². The van der Waals surface area contributed by atoms with Crippen molar-refractivity contribution in [2.24, 2.45) is 0 Å². The van der Waals surface area contributed by atoms with Crippen molar-refractivity contribution < 1.29 is 9.59 Å². The molecular formula is C17H21N3O2S. The van der Waals surface area contributed by atoms with Crippen LogP contribution in [0.2, 0.25) is 0 Å². The van der Waals surface area contributed by atoms with Crippen molar-refractivity contribution in [3.63, 3.8) is 0 Å². The van der Waals surface area contributed by atoms with E-state index >= 15 is 0 Å². The molecule has 0 unspecified atom stereocenters. The summed E-state index contributed by atoms with van der Waals surface area (Å²) in [7, 11) is 0. The Morgan fingerprint density at radius 3 is 2.74 bits per heavy atom. The zero-order valence-corrected chi connectivity index (χ0v) is 14.4. The molecule has 122 valence electrons. The van der Waals surface area contributed by atoms with E-state index in [-0.39, 0.29) is 24.4 Å². The van der Waals surface area contributed by atoms with Crippen molar-refractivity contribution in [1.29, 1.82) is 0 Å². The minimum absolute atomic E-state index is 0.0644. The molecular weight excluding hydrogens is 310 g/mol. The van der Waals surface area contributed by atoms with Gasteiger partial charge in [0.25, 0.3) is 0 Å². The molecule has 0 aliphatic heterocycles. The van der Waals surface area contributed by atoms with Crippen LogP contribution in [0.15, 0.2) is 30.3 Å². The summed E-state index contributed by atoms with van der Waals surface area (Å²) in [5.41, 5.74) is 0.924. The second-order valence-corrected chi connectivity index (χ2v) is 6.49. The summed E-state index contributed by atoms with van der Waals surface area (Å²) in [6.45, 7) is 6.18. The Hall–Kier alpha value is -2.21. The lowest BCUT2D eigenvalue weighted by Gasteiger charge is -2.19. The number of benzene rings is 1. The second kappa shape index (κ2) is 7.87. The Bertz CT molecular complexity index is 688. The van der Waals surface area contributed by atoms with Gasteiger partial charge in [0.1, 0.15) is 5.01 Å². The van der Waals surface area contributed by atoms with Gasteiger partial charge >= 0.3 is 0 Å². The maximum atomic E-state index is 12.2. The number of aromatic nitrogens is 1. The molecule has 0 radical (unpaired) electrons. The van der Waals surface area contributed by atoms with Crippen LogP contribution in [0.4, 0.5) is 0 Å². The van der Waals surface area contributed by atoms with Crippen LogP contribution in [-0.4, -0.2) is 40.8 Å². The molecule has 2 rings (SSSR count). The summed E-state index contributed by atoms with van der Waals surface area (Å²) < 4.78 is 1.09. The summed E-state index contributed by atoms with van der Waals surface area (Å²) in [6.07, 6.45) is 3.18. The van der Waals surface area contributed by atoms with Gasteiger partial charge in [-0.25, -0.2) is 4.98 Å². The van der Waals surface area contributed by atoms with Gasteiger partial charge in [-0.1, -0.05) is 12.1 Å². The predicted molar refractivity (Wildman–Crippen MR) is 94.2 cm³/mol. The molecule has 0 spiro atoms. The molecule has 0 saturated carbocycles. The molecule has 23 heavy (non-hydrogen) atoms. The standard InChI is InChI=1S/C17H21N3O2S/c1-4-20(11-15(21)18-12(2)3)17(22)10-9-16-19-13-7-5-6-8-14(13)23-16/h5-10,12H,4,11H2,1-3H3,(H,18,21). The smallest absolute Gasteiger partial charge is 0.247 e. The van der Waals surface area contributed by atoms with E-state index in [9.17, 15) is 9.59 Å². The third-order valence-electron chi connectivity index (χ3n) is 3.16. The van der Waals surface area contributed by atoms with Gasteiger partial charge in [-0.15, -0.1) is 11.3 Å². The molecule has 1 N–H and O–H groups in total. The summed E-state index contributed by atoms with van der Waals surface area (Å²) in [4.78, 5) is 30.0. The lowest BCUT2D eigenvalue weighted by molar-refractivity contribution is -0.132. The predicted octanol–water partition coefficient (Wildman–Crippen LogP) is 2.68. The van der Waals surface area contributed by atoms with Gasteiger partial charge in [-0.2, -0.15) is 0 Å². The van der Waals surface area contributed by atoms with E-state index < -0.39 is 0 Å². The van der Waals surface area contributed by atoms with Crippen LogP contribution in [0.3, 0.4) is 0 Å². The minimum atomic E-state index is -0.189. The maximum absolute atomic E-state index is 12.2. The number of carbonyl (C=O) groups excluding carboxylic acids is 2. The van der Waals surface area contributed by atoms with Crippen LogP contribution in [0.25, 0.3) is 16.3 Å². The number of nitrogens with one attached hydrogen (secondary N) is 1. The first-order chi connectivity index (χ1) is 11.0. The highest BCUT2D eigenvalue weighted by Gasteiger charge is 2.13. The van der Waals surface area contributed by atoms with Gasteiger partial charge in [0.05, 0.1) is 16.8 Å². The number of nitrogens with zero attached hydrogens (tertiary/aromatic N) is 2. The van der Waals surface area contributed by atoms with Crippen LogP contribution in [0.5, 0.6) is 0 Å². The molecule has 0 fully saturated rings. The first-order valence-electron chi connectivity index (χ1n) is 7.61. The van der Waals surface area contributed by atoms with Crippen molar-refractivity contribution in [3.05, 3.63) is 35.3 Å². The second-order valence-electron chi connectivity index (χ2n) is 5.43. The molecule has 2 amide bonds. The fourth-order valence-corrected chi connectivity index (χ4v) is 2.97. The number of hydrogen-bond acceptors (Lipinski definition) is 4. The van der Waals surface area contributed by atoms with E-state index in [4.69, 9.17) is 0 Å². The lowest BCUT2D eigenvalue weighted by Crippen LogP contribution is -2.42. The summed E-state index contributed by atoms with van der Waals surface area (Å²) >= 11 is 1.53. The Kier molecular flexibility index (Phi) is 5.87. The van der Waals surface area contributed by atoms with E-state index in [0.29, 0.717) is 6.54 Å². The highest BCUT2D eigenvalue weighted by atomic mass is 32.1. The van der Waals surface area contributed by atoms with Crippen LogP contribution < -0.4 is 5.32 Å². The molecule has 5 nitrogen and oxygen atoms in total. The van der Waals surface area contributed by atoms with Gasteiger partial charge in [-0.05, 0) is 39.0 Å². The quantitative estimate of drug-likeness (QED) is 0.828. The summed E-state index contributed by atoms with van der Waals surface area (Å²) in [5, 5.41) is 3.57. The van der Waals surface area contributed by atoms with Gasteiger partial charge < -0.3 is 10.2 Å². The number of amides is 2. The fourth-order valence-electron chi connectivity index (χ4n) is 2.10. The molecule has 2 aromatic rings. The molecule has 1 heterocycles. The third kappa shape index (κ3) is 4.89. The first-order valence-corrected chi connectivity index (χ1v) is 8.43. The van der Waals surface area contributed by atoms with E-state index in [1.807, 2.05) is 45.0 Å². The normalized spacial score (nSPS) is 11.3. The van der Waals surface area contributed by atoms with E-state index in [1.54, 1.807) is 6.08 Å². The van der Waals surface area contributed by atoms with Gasteiger partial charge in [-0.3, -0.25) is 9.59 Å². The Balaban J connectivity index is 2.01. The van der Waals surface area contributed by atoms with Crippen LogP contribution in [0, 0.1) is 0 Å². The average Bonchev–Trinajstić information content (AvgIpc) is 2.92. The van der Waals surface area contributed by atoms with Crippen LogP contribution >= 0.6 is 11.3 Å². The van der Waals surface area contributed by atoms with Crippen LogP contribution in [-0.2, 0) is 9.59 Å². The highest BCUT2D eigenvalue weighted by Crippen LogP contribution is 2.22. The van der Waals surface area contributed by atoms with Crippen LogP contribution in [0.1, 0.15) is 25.8 Å². The highest BCUT2D eigenvalue weighted by molar-refractivity contribution is 7.19. The Labute approximate surface area is 140 Å². The Morgan fingerprint density at radius 1 is 1.35 bits per heavy atom. The largest absolute Gasteiger partial charge is 0.352 e. The summed E-state index contributed by atoms with van der Waals surface area (Å²) in [5.74, 6) is -0.339. The van der Waals surface area contributed by atoms with Crippen molar-refractivity contribution in [1.82, 2.24) is 15.2 Å². The van der Waals surface area contributed by atoms with Gasteiger partial charge in [0.15, 0.2) is 0 Å². The molecule has 6 heteroatoms. The van der Waals surface area contributed by atoms with E-state index in [2.05, 4.69) is 10.3 Å². The molecule has 0 aliphatic carbocycles. The monoisotopic (exact) mass is 331 g/mol. The first kappa shape index (κ1) is 17.1. The van der Waals surface area contributed by atoms with Crippen molar-refractivity contribution in [3.8, 4) is 0 Å². The summed E-state index contributed by atoms with van der Waals surface area (Å²) in [6, 6.07) is 7.91. The van der Waals surface area contributed by atoms with Crippen molar-refractivity contribution >= 4 is 39.4 Å². The maximum Gasteiger partial charge on any atom is 0.247 e. The zero-order valence-electron chi connectivity index (χ0n) is 13.6. The van der Waals surface area contributed by atoms with Gasteiger partial charge in [0.2, 0.25) is 11.8 Å². The number of fused-ring (bicyclic) bond motifs is 1. The number of thiazole rings is 1. The number of carbonyl (C=O) groups is 2. The SMILES string of the molecule is CCN(CC(=O)NC(C)C)C(=O)C=Cc1nc2ccccc2s1. The number of likely N-dealkylation sites (N-methyl/N-ethyl adjacent to an activating group) is 1. The molecule has 0 aliphatic rings. The molecule has 1 aromatic heterocycles. The molecule has 0 bridgehead atoms. The minimum Gasteiger partial charge on any atom is -0.352 e. The van der Waals surface area contributed by atoms with Crippen molar-refractivity contribution in [2.45, 2.75) is 26.8 Å². The lowest BCUT2D eigenvalue weighted by atomic mass is 10.3. The average molecular weight is 331 g/mol. The topological polar surface area (TPSA) is 62.3 Å². The number of hydrogen-bond donors (Lipinski definition) is 1.